The summed E-state index contributed by atoms with van der Waals surface area (Å²) < 4.78 is 0. The maximum Gasteiger partial charge on any atom is 0.142 e. The van der Waals surface area contributed by atoms with Gasteiger partial charge >= 0.3 is 0 Å². The molecular weight excluding hydrogens is 224 g/mol. The Morgan fingerprint density at radius 1 is 1.06 bits per heavy atom. The van der Waals surface area contributed by atoms with E-state index in [4.69, 9.17) is 0 Å². The molecule has 1 heterocycles. The summed E-state index contributed by atoms with van der Waals surface area (Å²) in [6, 6.07) is 8.54. The van der Waals surface area contributed by atoms with Crippen molar-refractivity contribution in [2.24, 2.45) is 11.8 Å². The van der Waals surface area contributed by atoms with Crippen LogP contribution in [0.5, 0.6) is 0 Å². The second kappa shape index (κ2) is 5.01. The summed E-state index contributed by atoms with van der Waals surface area (Å²) in [5, 5.41) is 0. The fourth-order valence-electron chi connectivity index (χ4n) is 2.57. The molecule has 18 heavy (non-hydrogen) atoms. The van der Waals surface area contributed by atoms with Crippen LogP contribution >= 0.6 is 0 Å². The summed E-state index contributed by atoms with van der Waals surface area (Å²) in [4.78, 5) is 16.2. The van der Waals surface area contributed by atoms with Gasteiger partial charge in [-0.05, 0) is 24.3 Å². The highest BCUT2D eigenvalue weighted by atomic mass is 16.1. The van der Waals surface area contributed by atoms with E-state index in [9.17, 15) is 4.79 Å². The fraction of sp³-hybridized carbons (Fsp3) is 0.533. The van der Waals surface area contributed by atoms with Crippen LogP contribution in [0, 0.1) is 11.8 Å². The second-order valence-electron chi connectivity index (χ2n) is 5.52. The van der Waals surface area contributed by atoms with Gasteiger partial charge in [-0.1, -0.05) is 13.8 Å². The van der Waals surface area contributed by atoms with Gasteiger partial charge in [-0.3, -0.25) is 4.79 Å². The number of carbonyl (C=O) groups excluding carboxylic acids is 1. The smallest absolute Gasteiger partial charge is 0.142 e. The largest absolute Gasteiger partial charge is 0.378 e. The van der Waals surface area contributed by atoms with Crippen molar-refractivity contribution in [2.45, 2.75) is 13.8 Å². The molecule has 98 valence electrons. The lowest BCUT2D eigenvalue weighted by Crippen LogP contribution is -2.44. The Morgan fingerprint density at radius 2 is 1.56 bits per heavy atom. The minimum atomic E-state index is 0.141. The van der Waals surface area contributed by atoms with Gasteiger partial charge in [0.25, 0.3) is 0 Å². The third kappa shape index (κ3) is 2.50. The Kier molecular flexibility index (Phi) is 3.60. The van der Waals surface area contributed by atoms with E-state index in [1.165, 1.54) is 11.4 Å². The zero-order chi connectivity index (χ0) is 13.3. The quantitative estimate of drug-likeness (QED) is 0.800. The normalized spacial score (nSPS) is 24.2. The molecule has 1 aliphatic heterocycles. The van der Waals surface area contributed by atoms with Gasteiger partial charge in [0.1, 0.15) is 5.78 Å². The molecule has 1 saturated heterocycles. The summed E-state index contributed by atoms with van der Waals surface area (Å²) in [5.74, 6) is 0.681. The lowest BCUT2D eigenvalue weighted by Gasteiger charge is -2.35. The number of ketones is 1. The van der Waals surface area contributed by atoms with Crippen LogP contribution in [-0.4, -0.2) is 33.0 Å². The summed E-state index contributed by atoms with van der Waals surface area (Å²) in [6.45, 7) is 5.73. The molecule has 0 aromatic heterocycles. The van der Waals surface area contributed by atoms with Gasteiger partial charge in [0.05, 0.1) is 0 Å². The van der Waals surface area contributed by atoms with Crippen LogP contribution in [0.1, 0.15) is 13.8 Å². The molecule has 0 N–H and O–H groups in total. The SMILES string of the molecule is CC1CN(c2ccc(N(C)C)cc2)CC(C)C1=O. The van der Waals surface area contributed by atoms with Gasteiger partial charge in [0, 0.05) is 50.4 Å². The Balaban J connectivity index is 2.14. The molecule has 3 heteroatoms. The van der Waals surface area contributed by atoms with Crippen LogP contribution < -0.4 is 9.80 Å². The molecule has 0 bridgehead atoms. The van der Waals surface area contributed by atoms with Crippen LogP contribution in [0.4, 0.5) is 11.4 Å². The van der Waals surface area contributed by atoms with Crippen molar-refractivity contribution >= 4 is 17.2 Å². The molecule has 3 nitrogen and oxygen atoms in total. The molecule has 0 spiro atoms. The zero-order valence-corrected chi connectivity index (χ0v) is 11.7. The molecule has 2 rings (SSSR count). The fourth-order valence-corrected chi connectivity index (χ4v) is 2.57. The standard InChI is InChI=1S/C15H22N2O/c1-11-9-17(10-12(2)15(11)18)14-7-5-13(6-8-14)16(3)4/h5-8,11-12H,9-10H2,1-4H3. The van der Waals surface area contributed by atoms with Gasteiger partial charge in [0.2, 0.25) is 0 Å². The average Bonchev–Trinajstić information content (AvgIpc) is 2.35. The first-order valence-corrected chi connectivity index (χ1v) is 6.55. The summed E-state index contributed by atoms with van der Waals surface area (Å²) >= 11 is 0. The number of benzene rings is 1. The number of hydrogen-bond acceptors (Lipinski definition) is 3. The summed E-state index contributed by atoms with van der Waals surface area (Å²) in [6.07, 6.45) is 0. The highest BCUT2D eigenvalue weighted by Crippen LogP contribution is 2.25. The molecular formula is C15H22N2O. The predicted molar refractivity (Wildman–Crippen MR) is 76.3 cm³/mol. The van der Waals surface area contributed by atoms with Gasteiger partial charge < -0.3 is 9.80 Å². The van der Waals surface area contributed by atoms with Crippen molar-refractivity contribution in [3.63, 3.8) is 0 Å². The van der Waals surface area contributed by atoms with E-state index in [1.54, 1.807) is 0 Å². The Morgan fingerprint density at radius 3 is 2.00 bits per heavy atom. The van der Waals surface area contributed by atoms with E-state index in [0.29, 0.717) is 5.78 Å². The Bertz CT molecular complexity index is 411. The molecule has 1 aliphatic rings. The number of carbonyl (C=O) groups is 1. The average molecular weight is 246 g/mol. The highest BCUT2D eigenvalue weighted by Gasteiger charge is 2.29. The van der Waals surface area contributed by atoms with Gasteiger partial charge in [-0.2, -0.15) is 0 Å². The van der Waals surface area contributed by atoms with E-state index >= 15 is 0 Å². The van der Waals surface area contributed by atoms with Crippen molar-refractivity contribution in [1.82, 2.24) is 0 Å². The second-order valence-corrected chi connectivity index (χ2v) is 5.52. The first-order valence-electron chi connectivity index (χ1n) is 6.55. The molecule has 0 amide bonds. The first-order chi connectivity index (χ1) is 8.49. The van der Waals surface area contributed by atoms with Crippen molar-refractivity contribution < 1.29 is 4.79 Å². The predicted octanol–water partition coefficient (Wildman–Crippen LogP) is 2.41. The van der Waals surface area contributed by atoms with Crippen LogP contribution in [0.25, 0.3) is 0 Å². The number of hydrogen-bond donors (Lipinski definition) is 0. The topological polar surface area (TPSA) is 23.6 Å². The number of piperidine rings is 1. The molecule has 0 saturated carbocycles. The third-order valence-electron chi connectivity index (χ3n) is 3.69. The molecule has 0 radical (unpaired) electrons. The lowest BCUT2D eigenvalue weighted by atomic mass is 9.90. The molecule has 0 aliphatic carbocycles. The first kappa shape index (κ1) is 12.9. The third-order valence-corrected chi connectivity index (χ3v) is 3.69. The van der Waals surface area contributed by atoms with Crippen LogP contribution in [0.3, 0.4) is 0 Å². The molecule has 1 fully saturated rings. The molecule has 2 unspecified atom stereocenters. The van der Waals surface area contributed by atoms with Gasteiger partial charge in [-0.15, -0.1) is 0 Å². The number of nitrogens with zero attached hydrogens (tertiary/aromatic N) is 2. The van der Waals surface area contributed by atoms with Crippen molar-refractivity contribution in [2.75, 3.05) is 37.0 Å². The zero-order valence-electron chi connectivity index (χ0n) is 11.7. The number of anilines is 2. The lowest BCUT2D eigenvalue weighted by molar-refractivity contribution is -0.126. The van der Waals surface area contributed by atoms with Crippen LogP contribution in [0.15, 0.2) is 24.3 Å². The van der Waals surface area contributed by atoms with Crippen molar-refractivity contribution in [1.29, 1.82) is 0 Å². The van der Waals surface area contributed by atoms with E-state index in [-0.39, 0.29) is 11.8 Å². The molecule has 2 atom stereocenters. The monoisotopic (exact) mass is 246 g/mol. The van der Waals surface area contributed by atoms with E-state index in [1.807, 2.05) is 27.9 Å². The number of rotatable bonds is 2. The maximum absolute atomic E-state index is 11.8. The highest BCUT2D eigenvalue weighted by molar-refractivity contribution is 5.85. The molecule has 1 aromatic carbocycles. The van der Waals surface area contributed by atoms with Crippen LogP contribution in [0.2, 0.25) is 0 Å². The van der Waals surface area contributed by atoms with E-state index < -0.39 is 0 Å². The Labute approximate surface area is 109 Å². The van der Waals surface area contributed by atoms with E-state index in [0.717, 1.165) is 13.1 Å². The minimum Gasteiger partial charge on any atom is -0.378 e. The number of Topliss-reactive ketones (excluding diaryl/α,β-unsaturated/α-hetero) is 1. The maximum atomic E-state index is 11.8. The van der Waals surface area contributed by atoms with E-state index in [2.05, 4.69) is 34.1 Å². The van der Waals surface area contributed by atoms with Crippen LogP contribution in [-0.2, 0) is 4.79 Å². The van der Waals surface area contributed by atoms with Crippen molar-refractivity contribution in [3.8, 4) is 0 Å². The summed E-state index contributed by atoms with van der Waals surface area (Å²) in [5.41, 5.74) is 2.42. The van der Waals surface area contributed by atoms with Gasteiger partial charge in [-0.25, -0.2) is 0 Å². The Hall–Kier alpha value is -1.51. The van der Waals surface area contributed by atoms with Gasteiger partial charge in [0.15, 0.2) is 0 Å². The van der Waals surface area contributed by atoms with Crippen molar-refractivity contribution in [3.05, 3.63) is 24.3 Å². The summed E-state index contributed by atoms with van der Waals surface area (Å²) in [7, 11) is 4.08. The molecule has 1 aromatic rings. The minimum absolute atomic E-state index is 0.141.